The number of para-hydroxylation sites is 1. The zero-order valence-electron chi connectivity index (χ0n) is 10.9. The Balaban J connectivity index is 1.81. The molecule has 5 nitrogen and oxygen atoms in total. The Morgan fingerprint density at radius 2 is 2.26 bits per heavy atom. The molecule has 0 atom stereocenters. The number of nitrogens with zero attached hydrogens (tertiary/aromatic N) is 3. The molecule has 0 aliphatic carbocycles. The van der Waals surface area contributed by atoms with E-state index in [9.17, 15) is 0 Å². The number of hydrogen-bond donors (Lipinski definition) is 2. The maximum atomic E-state index is 4.38. The van der Waals surface area contributed by atoms with Crippen LogP contribution in [0, 0.1) is 0 Å². The molecule has 19 heavy (non-hydrogen) atoms. The molecule has 5 heteroatoms. The molecular weight excluding hydrogens is 238 g/mol. The zero-order chi connectivity index (χ0) is 13.1. The lowest BCUT2D eigenvalue weighted by atomic mass is 10.1. The highest BCUT2D eigenvalue weighted by Crippen LogP contribution is 2.26. The van der Waals surface area contributed by atoms with Crippen LogP contribution < -0.4 is 10.6 Å². The Kier molecular flexibility index (Phi) is 3.18. The van der Waals surface area contributed by atoms with Gasteiger partial charge in [0.2, 0.25) is 0 Å². The molecule has 3 rings (SSSR count). The second kappa shape index (κ2) is 5.14. The molecule has 2 N–H and O–H groups in total. The molecule has 1 aliphatic rings. The van der Waals surface area contributed by atoms with Gasteiger partial charge in [-0.15, -0.1) is 0 Å². The van der Waals surface area contributed by atoms with Gasteiger partial charge in [-0.25, -0.2) is 0 Å². The summed E-state index contributed by atoms with van der Waals surface area (Å²) in [6.07, 6.45) is 3.90. The quantitative estimate of drug-likeness (QED) is 0.870. The number of aromatic nitrogens is 2. The number of amidine groups is 1. The molecule has 1 aliphatic heterocycles. The first-order chi connectivity index (χ1) is 9.33. The summed E-state index contributed by atoms with van der Waals surface area (Å²) < 4.78 is 1.81. The van der Waals surface area contributed by atoms with Gasteiger partial charge in [0.05, 0.1) is 19.3 Å². The summed E-state index contributed by atoms with van der Waals surface area (Å²) in [4.78, 5) is 4.38. The average molecular weight is 255 g/mol. The van der Waals surface area contributed by atoms with Gasteiger partial charge in [0.25, 0.3) is 0 Å². The van der Waals surface area contributed by atoms with Crippen LogP contribution in [0.15, 0.2) is 41.7 Å². The van der Waals surface area contributed by atoms with Crippen molar-refractivity contribution in [3.05, 3.63) is 36.7 Å². The molecule has 1 aromatic heterocycles. The Bertz CT molecular complexity index is 599. The minimum atomic E-state index is 0.733. The first-order valence-corrected chi connectivity index (χ1v) is 6.42. The Morgan fingerprint density at radius 1 is 1.37 bits per heavy atom. The lowest BCUT2D eigenvalue weighted by Gasteiger charge is -2.11. The number of rotatable bonds is 4. The number of aliphatic imine (C=N–C) groups is 1. The van der Waals surface area contributed by atoms with E-state index in [1.807, 2.05) is 36.3 Å². The van der Waals surface area contributed by atoms with Crippen LogP contribution in [-0.4, -0.2) is 35.3 Å². The summed E-state index contributed by atoms with van der Waals surface area (Å²) in [7, 11) is 1.93. The molecule has 0 unspecified atom stereocenters. The van der Waals surface area contributed by atoms with E-state index in [0.717, 1.165) is 42.3 Å². The Morgan fingerprint density at radius 3 is 3.00 bits per heavy atom. The topological polar surface area (TPSA) is 54.2 Å². The van der Waals surface area contributed by atoms with E-state index in [1.54, 1.807) is 0 Å². The van der Waals surface area contributed by atoms with Crippen molar-refractivity contribution in [2.24, 2.45) is 12.0 Å². The highest BCUT2D eigenvalue weighted by Gasteiger charge is 2.08. The fraction of sp³-hybridized carbons (Fsp3) is 0.286. The SMILES string of the molecule is Cn1cc(-c2ccccc2NCC2=NCCN2)cn1. The molecule has 0 radical (unpaired) electrons. The third-order valence-electron chi connectivity index (χ3n) is 3.13. The van der Waals surface area contributed by atoms with Crippen LogP contribution in [0.25, 0.3) is 11.1 Å². The van der Waals surface area contributed by atoms with Crippen molar-refractivity contribution in [2.45, 2.75) is 0 Å². The standard InChI is InChI=1S/C14H17N5/c1-19-10-11(8-18-19)12-4-2-3-5-13(12)17-9-14-15-6-7-16-14/h2-5,8,10,17H,6-7,9H2,1H3,(H,15,16). The monoisotopic (exact) mass is 255 g/mol. The molecular formula is C14H17N5. The molecule has 98 valence electrons. The first-order valence-electron chi connectivity index (χ1n) is 6.42. The number of benzene rings is 1. The average Bonchev–Trinajstić information content (AvgIpc) is 3.08. The van der Waals surface area contributed by atoms with E-state index in [2.05, 4.69) is 32.9 Å². The molecule has 0 fully saturated rings. The van der Waals surface area contributed by atoms with Crippen molar-refractivity contribution < 1.29 is 0 Å². The van der Waals surface area contributed by atoms with Crippen LogP contribution in [0.2, 0.25) is 0 Å². The minimum Gasteiger partial charge on any atom is -0.377 e. The van der Waals surface area contributed by atoms with Crippen LogP contribution in [-0.2, 0) is 7.05 Å². The fourth-order valence-corrected chi connectivity index (χ4v) is 2.19. The third-order valence-corrected chi connectivity index (χ3v) is 3.13. The van der Waals surface area contributed by atoms with Crippen LogP contribution in [0.3, 0.4) is 0 Å². The number of aryl methyl sites for hydroxylation is 1. The lowest BCUT2D eigenvalue weighted by molar-refractivity contribution is 0.768. The van der Waals surface area contributed by atoms with Crippen molar-refractivity contribution in [1.82, 2.24) is 15.1 Å². The van der Waals surface area contributed by atoms with E-state index >= 15 is 0 Å². The molecule has 1 aromatic carbocycles. The maximum Gasteiger partial charge on any atom is 0.116 e. The number of nitrogens with one attached hydrogen (secondary N) is 2. The summed E-state index contributed by atoms with van der Waals surface area (Å²) in [5, 5.41) is 10.9. The van der Waals surface area contributed by atoms with Gasteiger partial charge >= 0.3 is 0 Å². The van der Waals surface area contributed by atoms with Crippen molar-refractivity contribution >= 4 is 11.5 Å². The van der Waals surface area contributed by atoms with Crippen molar-refractivity contribution in [1.29, 1.82) is 0 Å². The second-order valence-electron chi connectivity index (χ2n) is 4.56. The van der Waals surface area contributed by atoms with E-state index in [4.69, 9.17) is 0 Å². The predicted molar refractivity (Wildman–Crippen MR) is 77.4 cm³/mol. The van der Waals surface area contributed by atoms with Gasteiger partial charge in [0.1, 0.15) is 5.84 Å². The molecule has 0 saturated carbocycles. The highest BCUT2D eigenvalue weighted by atomic mass is 15.2. The third kappa shape index (κ3) is 2.59. The van der Waals surface area contributed by atoms with Gasteiger partial charge < -0.3 is 10.6 Å². The van der Waals surface area contributed by atoms with Crippen molar-refractivity contribution in [3.63, 3.8) is 0 Å². The molecule has 2 aromatic rings. The largest absolute Gasteiger partial charge is 0.377 e. The number of anilines is 1. The zero-order valence-corrected chi connectivity index (χ0v) is 10.9. The second-order valence-corrected chi connectivity index (χ2v) is 4.56. The smallest absolute Gasteiger partial charge is 0.116 e. The predicted octanol–water partition coefficient (Wildman–Crippen LogP) is 1.50. The molecule has 2 heterocycles. The summed E-state index contributed by atoms with van der Waals surface area (Å²) in [5.74, 6) is 1.03. The van der Waals surface area contributed by atoms with Crippen molar-refractivity contribution in [2.75, 3.05) is 25.0 Å². The van der Waals surface area contributed by atoms with Gasteiger partial charge in [-0.3, -0.25) is 9.67 Å². The van der Waals surface area contributed by atoms with Crippen LogP contribution >= 0.6 is 0 Å². The fourth-order valence-electron chi connectivity index (χ4n) is 2.19. The van der Waals surface area contributed by atoms with Gasteiger partial charge in [-0.1, -0.05) is 18.2 Å². The van der Waals surface area contributed by atoms with Crippen LogP contribution in [0.4, 0.5) is 5.69 Å². The maximum absolute atomic E-state index is 4.38. The Hall–Kier alpha value is -2.30. The van der Waals surface area contributed by atoms with Gasteiger partial charge in [0.15, 0.2) is 0 Å². The van der Waals surface area contributed by atoms with Crippen LogP contribution in [0.5, 0.6) is 0 Å². The number of hydrogen-bond acceptors (Lipinski definition) is 4. The lowest BCUT2D eigenvalue weighted by Crippen LogP contribution is -2.26. The molecule has 0 amide bonds. The Labute approximate surface area is 112 Å². The van der Waals surface area contributed by atoms with Crippen LogP contribution in [0.1, 0.15) is 0 Å². The molecule has 0 spiro atoms. The van der Waals surface area contributed by atoms with E-state index in [-0.39, 0.29) is 0 Å². The van der Waals surface area contributed by atoms with E-state index in [1.165, 1.54) is 0 Å². The molecule has 0 bridgehead atoms. The summed E-state index contributed by atoms with van der Waals surface area (Å²) in [5.41, 5.74) is 3.38. The van der Waals surface area contributed by atoms with Gasteiger partial charge in [0, 0.05) is 36.6 Å². The minimum absolute atomic E-state index is 0.733. The van der Waals surface area contributed by atoms with Gasteiger partial charge in [-0.2, -0.15) is 5.10 Å². The highest BCUT2D eigenvalue weighted by molar-refractivity contribution is 5.89. The summed E-state index contributed by atoms with van der Waals surface area (Å²) in [6, 6.07) is 8.26. The summed E-state index contributed by atoms with van der Waals surface area (Å²) >= 11 is 0. The van der Waals surface area contributed by atoms with Crippen molar-refractivity contribution in [3.8, 4) is 11.1 Å². The van der Waals surface area contributed by atoms with Gasteiger partial charge in [-0.05, 0) is 6.07 Å². The first kappa shape index (κ1) is 11.8. The normalized spacial score (nSPS) is 14.1. The van der Waals surface area contributed by atoms with E-state index in [0.29, 0.717) is 0 Å². The summed E-state index contributed by atoms with van der Waals surface area (Å²) in [6.45, 7) is 2.56. The molecule has 0 saturated heterocycles. The van der Waals surface area contributed by atoms with E-state index < -0.39 is 0 Å².